The lowest BCUT2D eigenvalue weighted by Crippen LogP contribution is -2.64. The third-order valence-electron chi connectivity index (χ3n) is 5.43. The lowest BCUT2D eigenvalue weighted by molar-refractivity contribution is -0.437. The van der Waals surface area contributed by atoms with Crippen molar-refractivity contribution in [3.05, 3.63) is 0 Å². The number of ether oxygens (including phenoxy) is 1. The van der Waals surface area contributed by atoms with Crippen LogP contribution in [0.4, 0.5) is 0 Å². The standard InChI is InChI=1S/C10H20O.C8H16O5/c1-10(2,3)8-4-6-9(11)7-5-8;1-2-6(9)7(10)4-3-5-13-8(7,11)12/h8-9,11H,4-7H2,1-3H3;6,9-12H,2-5H2,1H3. The predicted octanol–water partition coefficient (Wildman–Crippen LogP) is 1.52. The van der Waals surface area contributed by atoms with E-state index in [-0.39, 0.29) is 25.6 Å². The van der Waals surface area contributed by atoms with Crippen molar-refractivity contribution in [1.82, 2.24) is 0 Å². The Morgan fingerprint density at radius 2 is 1.62 bits per heavy atom. The largest absolute Gasteiger partial charge is 0.393 e. The van der Waals surface area contributed by atoms with Crippen LogP contribution in [-0.4, -0.2) is 55.9 Å². The molecule has 144 valence electrons. The highest BCUT2D eigenvalue weighted by Crippen LogP contribution is 2.37. The van der Waals surface area contributed by atoms with Crippen LogP contribution in [0.25, 0.3) is 0 Å². The van der Waals surface area contributed by atoms with Crippen LogP contribution in [0.1, 0.15) is 72.6 Å². The second kappa shape index (κ2) is 8.43. The monoisotopic (exact) mass is 348 g/mol. The molecule has 0 amide bonds. The fraction of sp³-hybridized carbons (Fsp3) is 1.00. The van der Waals surface area contributed by atoms with E-state index in [9.17, 15) is 25.5 Å². The maximum Gasteiger partial charge on any atom is 0.311 e. The zero-order valence-corrected chi connectivity index (χ0v) is 15.5. The molecule has 0 aromatic heterocycles. The van der Waals surface area contributed by atoms with Crippen LogP contribution >= 0.6 is 0 Å². The molecule has 0 aromatic rings. The molecule has 2 fully saturated rings. The van der Waals surface area contributed by atoms with Crippen molar-refractivity contribution in [3.8, 4) is 0 Å². The summed E-state index contributed by atoms with van der Waals surface area (Å²) in [6.45, 7) is 8.72. The van der Waals surface area contributed by atoms with Crippen molar-refractivity contribution in [1.29, 1.82) is 0 Å². The van der Waals surface area contributed by atoms with E-state index in [1.807, 2.05) is 0 Å². The number of aliphatic hydroxyl groups excluding tert-OH is 2. The van der Waals surface area contributed by atoms with Gasteiger partial charge in [-0.25, -0.2) is 0 Å². The summed E-state index contributed by atoms with van der Waals surface area (Å²) in [5.74, 6) is -1.81. The Morgan fingerprint density at radius 1 is 1.08 bits per heavy atom. The molecule has 6 nitrogen and oxygen atoms in total. The first-order valence-electron chi connectivity index (χ1n) is 9.11. The summed E-state index contributed by atoms with van der Waals surface area (Å²) in [6, 6.07) is 0. The van der Waals surface area contributed by atoms with Crippen LogP contribution in [0.2, 0.25) is 0 Å². The first-order valence-corrected chi connectivity index (χ1v) is 9.11. The van der Waals surface area contributed by atoms with Crippen LogP contribution in [0, 0.1) is 11.3 Å². The van der Waals surface area contributed by atoms with Crippen LogP contribution in [0.15, 0.2) is 0 Å². The summed E-state index contributed by atoms with van der Waals surface area (Å²) in [7, 11) is 0. The molecule has 0 aromatic carbocycles. The van der Waals surface area contributed by atoms with Crippen molar-refractivity contribution in [2.75, 3.05) is 6.61 Å². The van der Waals surface area contributed by atoms with Gasteiger partial charge in [-0.15, -0.1) is 0 Å². The van der Waals surface area contributed by atoms with E-state index in [2.05, 4.69) is 25.5 Å². The Labute approximate surface area is 145 Å². The molecule has 2 rings (SSSR count). The minimum absolute atomic E-state index is 0.00593. The number of hydrogen-bond acceptors (Lipinski definition) is 6. The summed E-state index contributed by atoms with van der Waals surface area (Å²) in [5.41, 5.74) is -1.53. The third kappa shape index (κ3) is 5.38. The van der Waals surface area contributed by atoms with Gasteiger partial charge in [-0.3, -0.25) is 0 Å². The third-order valence-corrected chi connectivity index (χ3v) is 5.43. The molecule has 1 heterocycles. The summed E-state index contributed by atoms with van der Waals surface area (Å²) in [6.07, 6.45) is 4.12. The van der Waals surface area contributed by atoms with Gasteiger partial charge in [0, 0.05) is 0 Å². The van der Waals surface area contributed by atoms with Gasteiger partial charge >= 0.3 is 5.97 Å². The van der Waals surface area contributed by atoms with E-state index in [1.54, 1.807) is 6.92 Å². The van der Waals surface area contributed by atoms with Gasteiger partial charge < -0.3 is 30.3 Å². The van der Waals surface area contributed by atoms with Gasteiger partial charge in [0.05, 0.1) is 18.8 Å². The summed E-state index contributed by atoms with van der Waals surface area (Å²) in [4.78, 5) is 0. The summed E-state index contributed by atoms with van der Waals surface area (Å²) in [5, 5.41) is 47.1. The molecule has 6 heteroatoms. The number of hydrogen-bond donors (Lipinski definition) is 5. The molecule has 0 radical (unpaired) electrons. The maximum atomic E-state index is 9.79. The van der Waals surface area contributed by atoms with Crippen molar-refractivity contribution < 1.29 is 30.3 Å². The van der Waals surface area contributed by atoms with E-state index < -0.39 is 17.7 Å². The minimum atomic E-state index is -2.64. The van der Waals surface area contributed by atoms with Gasteiger partial charge in [0.2, 0.25) is 0 Å². The molecular formula is C18H36O6. The van der Waals surface area contributed by atoms with Gasteiger partial charge in [0.25, 0.3) is 0 Å². The second-order valence-electron chi connectivity index (χ2n) is 8.28. The van der Waals surface area contributed by atoms with Gasteiger partial charge in [0.1, 0.15) is 0 Å². The molecule has 2 aliphatic rings. The van der Waals surface area contributed by atoms with Crippen LogP contribution in [-0.2, 0) is 4.74 Å². The van der Waals surface area contributed by atoms with Crippen molar-refractivity contribution >= 4 is 0 Å². The van der Waals surface area contributed by atoms with E-state index in [0.717, 1.165) is 18.8 Å². The lowest BCUT2D eigenvalue weighted by atomic mass is 9.72. The zero-order valence-electron chi connectivity index (χ0n) is 15.5. The number of rotatable bonds is 2. The fourth-order valence-corrected chi connectivity index (χ4v) is 3.51. The molecule has 5 N–H and O–H groups in total. The Bertz CT molecular complexity index is 370. The average Bonchev–Trinajstić information content (AvgIpc) is 2.49. The van der Waals surface area contributed by atoms with Crippen LogP contribution in [0.5, 0.6) is 0 Å². The van der Waals surface area contributed by atoms with Crippen LogP contribution < -0.4 is 0 Å². The Kier molecular flexibility index (Phi) is 7.66. The molecule has 0 bridgehead atoms. The Morgan fingerprint density at radius 3 is 2.04 bits per heavy atom. The smallest absolute Gasteiger partial charge is 0.311 e. The van der Waals surface area contributed by atoms with E-state index in [1.165, 1.54) is 12.8 Å². The highest BCUT2D eigenvalue weighted by molar-refractivity contribution is 4.94. The summed E-state index contributed by atoms with van der Waals surface area (Å²) < 4.78 is 4.61. The molecular weight excluding hydrogens is 312 g/mol. The van der Waals surface area contributed by atoms with Gasteiger partial charge in [0.15, 0.2) is 5.60 Å². The van der Waals surface area contributed by atoms with Gasteiger partial charge in [-0.05, 0) is 56.3 Å². The zero-order chi connectivity index (χ0) is 18.6. The van der Waals surface area contributed by atoms with Crippen LogP contribution in [0.3, 0.4) is 0 Å². The highest BCUT2D eigenvalue weighted by atomic mass is 16.8. The molecule has 1 aliphatic heterocycles. The van der Waals surface area contributed by atoms with Gasteiger partial charge in [-0.1, -0.05) is 27.7 Å². The molecule has 2 unspecified atom stereocenters. The molecule has 0 spiro atoms. The molecule has 24 heavy (non-hydrogen) atoms. The Balaban J connectivity index is 0.000000243. The van der Waals surface area contributed by atoms with Crippen molar-refractivity contribution in [3.63, 3.8) is 0 Å². The van der Waals surface area contributed by atoms with Crippen molar-refractivity contribution in [2.24, 2.45) is 11.3 Å². The predicted molar refractivity (Wildman–Crippen MR) is 91.0 cm³/mol. The highest BCUT2D eigenvalue weighted by Gasteiger charge is 2.56. The SMILES string of the molecule is CC(C)(C)C1CCC(O)CC1.CCC(O)C1(O)CCCOC1(O)O. The minimum Gasteiger partial charge on any atom is -0.393 e. The molecule has 1 saturated carbocycles. The Hall–Kier alpha value is -0.240. The first-order chi connectivity index (χ1) is 10.9. The normalized spacial score (nSPS) is 34.9. The van der Waals surface area contributed by atoms with E-state index in [0.29, 0.717) is 11.8 Å². The molecule has 1 saturated heterocycles. The molecule has 2 atom stereocenters. The second-order valence-corrected chi connectivity index (χ2v) is 8.28. The number of aliphatic hydroxyl groups is 5. The maximum absolute atomic E-state index is 9.79. The first kappa shape index (κ1) is 21.8. The van der Waals surface area contributed by atoms with E-state index in [4.69, 9.17) is 0 Å². The quantitative estimate of drug-likeness (QED) is 0.484. The lowest BCUT2D eigenvalue weighted by Gasteiger charge is -2.44. The fourth-order valence-electron chi connectivity index (χ4n) is 3.51. The van der Waals surface area contributed by atoms with Crippen molar-refractivity contribution in [2.45, 2.75) is 96.4 Å². The van der Waals surface area contributed by atoms with Gasteiger partial charge in [-0.2, -0.15) is 0 Å². The average molecular weight is 348 g/mol. The molecule has 1 aliphatic carbocycles. The topological polar surface area (TPSA) is 110 Å². The van der Waals surface area contributed by atoms with E-state index >= 15 is 0 Å². The summed E-state index contributed by atoms with van der Waals surface area (Å²) >= 11 is 0.